The van der Waals surface area contributed by atoms with Crippen LogP contribution in [-0.2, 0) is 11.0 Å². The van der Waals surface area contributed by atoms with Gasteiger partial charge in [0.25, 0.3) is 0 Å². The smallest absolute Gasteiger partial charge is 0.346 e. The topological polar surface area (TPSA) is 57.8 Å². The molecule has 1 aromatic heterocycles. The van der Waals surface area contributed by atoms with E-state index in [1.807, 2.05) is 0 Å². The quantitative estimate of drug-likeness (QED) is 0.795. The van der Waals surface area contributed by atoms with Gasteiger partial charge < -0.3 is 10.3 Å². The number of hydrogen-bond donors (Lipinski definition) is 2. The first-order valence-electron chi connectivity index (χ1n) is 6.40. The van der Waals surface area contributed by atoms with Crippen LogP contribution in [0.3, 0.4) is 0 Å². The van der Waals surface area contributed by atoms with Crippen LogP contribution >= 0.6 is 0 Å². The molecule has 1 aliphatic heterocycles. The highest BCUT2D eigenvalue weighted by Crippen LogP contribution is 2.33. The van der Waals surface area contributed by atoms with E-state index in [-0.39, 0.29) is 22.8 Å². The molecule has 0 saturated carbocycles. The number of carbonyl (C=O) groups excluding carboxylic acids is 1. The van der Waals surface area contributed by atoms with Crippen LogP contribution in [0.5, 0.6) is 0 Å². The Morgan fingerprint density at radius 2 is 2.05 bits per heavy atom. The standard InChI is InChI=1S/C13H11F4N3O/c14-7-4-6(13(15,16)17)5-9-11(7)20-12(19-9)8-2-1-3-10(21)18-8/h4-5,8H,1-3H2,(H,18,21)(H,19,20). The molecule has 1 amide bonds. The van der Waals surface area contributed by atoms with Gasteiger partial charge in [0.2, 0.25) is 5.91 Å². The number of aromatic amines is 1. The zero-order chi connectivity index (χ0) is 15.2. The maximum Gasteiger partial charge on any atom is 0.416 e. The van der Waals surface area contributed by atoms with Gasteiger partial charge in [-0.05, 0) is 25.0 Å². The molecule has 112 valence electrons. The van der Waals surface area contributed by atoms with Crippen molar-refractivity contribution < 1.29 is 22.4 Å². The monoisotopic (exact) mass is 301 g/mol. The molecular weight excluding hydrogens is 290 g/mol. The number of imidazole rings is 1. The summed E-state index contributed by atoms with van der Waals surface area (Å²) in [5.41, 5.74) is -1.26. The maximum atomic E-state index is 13.8. The van der Waals surface area contributed by atoms with E-state index < -0.39 is 23.6 Å². The van der Waals surface area contributed by atoms with Crippen molar-refractivity contribution in [3.63, 3.8) is 0 Å². The van der Waals surface area contributed by atoms with Crippen molar-refractivity contribution in [3.05, 3.63) is 29.3 Å². The molecule has 1 atom stereocenters. The van der Waals surface area contributed by atoms with Gasteiger partial charge >= 0.3 is 6.18 Å². The minimum atomic E-state index is -4.63. The number of fused-ring (bicyclic) bond motifs is 1. The number of piperidine rings is 1. The summed E-state index contributed by atoms with van der Waals surface area (Å²) >= 11 is 0. The molecule has 0 aliphatic carbocycles. The van der Waals surface area contributed by atoms with Crippen molar-refractivity contribution in [1.29, 1.82) is 0 Å². The predicted molar refractivity (Wildman–Crippen MR) is 65.8 cm³/mol. The molecule has 4 nitrogen and oxygen atoms in total. The van der Waals surface area contributed by atoms with Crippen molar-refractivity contribution >= 4 is 16.9 Å². The van der Waals surface area contributed by atoms with E-state index in [1.54, 1.807) is 0 Å². The van der Waals surface area contributed by atoms with Crippen molar-refractivity contribution in [3.8, 4) is 0 Å². The van der Waals surface area contributed by atoms with Crippen molar-refractivity contribution in [2.24, 2.45) is 0 Å². The molecule has 21 heavy (non-hydrogen) atoms. The lowest BCUT2D eigenvalue weighted by Gasteiger charge is -2.20. The maximum absolute atomic E-state index is 13.8. The zero-order valence-corrected chi connectivity index (χ0v) is 10.7. The van der Waals surface area contributed by atoms with Gasteiger partial charge in [0.05, 0.1) is 17.1 Å². The number of aromatic nitrogens is 2. The van der Waals surface area contributed by atoms with Crippen LogP contribution in [0.4, 0.5) is 17.6 Å². The van der Waals surface area contributed by atoms with Crippen molar-refractivity contribution in [2.45, 2.75) is 31.5 Å². The van der Waals surface area contributed by atoms with E-state index in [4.69, 9.17) is 0 Å². The number of carbonyl (C=O) groups is 1. The third kappa shape index (κ3) is 2.57. The second-order valence-corrected chi connectivity index (χ2v) is 4.99. The Balaban J connectivity index is 2.03. The molecule has 1 aromatic carbocycles. The number of H-pyrrole nitrogens is 1. The SMILES string of the molecule is O=C1CCCC(c2nc3c(F)cc(C(F)(F)F)cc3[nH]2)N1. The molecule has 8 heteroatoms. The van der Waals surface area contributed by atoms with Gasteiger partial charge in [-0.15, -0.1) is 0 Å². The van der Waals surface area contributed by atoms with E-state index >= 15 is 0 Å². The number of rotatable bonds is 1. The molecular formula is C13H11F4N3O. The third-order valence-electron chi connectivity index (χ3n) is 3.45. The zero-order valence-electron chi connectivity index (χ0n) is 10.7. The predicted octanol–water partition coefficient (Wildman–Crippen LogP) is 3.06. The van der Waals surface area contributed by atoms with Gasteiger partial charge in [0.15, 0.2) is 5.82 Å². The summed E-state index contributed by atoms with van der Waals surface area (Å²) in [5.74, 6) is -0.913. The summed E-state index contributed by atoms with van der Waals surface area (Å²) in [6.45, 7) is 0. The van der Waals surface area contributed by atoms with Crippen LogP contribution in [0, 0.1) is 5.82 Å². The Bertz CT molecular complexity index is 707. The molecule has 2 N–H and O–H groups in total. The second-order valence-electron chi connectivity index (χ2n) is 4.99. The first-order valence-corrected chi connectivity index (χ1v) is 6.40. The highest BCUT2D eigenvalue weighted by molar-refractivity contribution is 5.79. The second kappa shape index (κ2) is 4.71. The largest absolute Gasteiger partial charge is 0.416 e. The molecule has 0 spiro atoms. The number of nitrogens with one attached hydrogen (secondary N) is 2. The molecule has 1 fully saturated rings. The molecule has 2 aromatic rings. The van der Waals surface area contributed by atoms with Gasteiger partial charge in [-0.2, -0.15) is 13.2 Å². The molecule has 1 unspecified atom stereocenters. The van der Waals surface area contributed by atoms with E-state index in [0.29, 0.717) is 25.3 Å². The van der Waals surface area contributed by atoms with Crippen LogP contribution in [0.2, 0.25) is 0 Å². The minimum absolute atomic E-state index is 0.0304. The van der Waals surface area contributed by atoms with E-state index in [0.717, 1.165) is 6.07 Å². The summed E-state index contributed by atoms with van der Waals surface area (Å²) in [7, 11) is 0. The number of nitrogens with zero attached hydrogens (tertiary/aromatic N) is 1. The Labute approximate surface area is 116 Å². The van der Waals surface area contributed by atoms with Crippen molar-refractivity contribution in [1.82, 2.24) is 15.3 Å². The van der Waals surface area contributed by atoms with Gasteiger partial charge in [0.1, 0.15) is 11.3 Å². The summed E-state index contributed by atoms with van der Waals surface area (Å²) in [6.07, 6.45) is -2.95. The first-order chi connectivity index (χ1) is 9.84. The number of amides is 1. The van der Waals surface area contributed by atoms with Gasteiger partial charge in [0, 0.05) is 6.42 Å². The Morgan fingerprint density at radius 1 is 1.29 bits per heavy atom. The first kappa shape index (κ1) is 13.8. The lowest BCUT2D eigenvalue weighted by Crippen LogP contribution is -2.32. The molecule has 0 bridgehead atoms. The average molecular weight is 301 g/mol. The fourth-order valence-electron chi connectivity index (χ4n) is 2.43. The van der Waals surface area contributed by atoms with Crippen LogP contribution in [0.1, 0.15) is 36.7 Å². The summed E-state index contributed by atoms with van der Waals surface area (Å²) in [4.78, 5) is 18.0. The number of alkyl halides is 3. The van der Waals surface area contributed by atoms with Crippen LogP contribution in [0.25, 0.3) is 11.0 Å². The van der Waals surface area contributed by atoms with E-state index in [1.165, 1.54) is 0 Å². The van der Waals surface area contributed by atoms with Gasteiger partial charge in [-0.1, -0.05) is 0 Å². The third-order valence-corrected chi connectivity index (χ3v) is 3.45. The lowest BCUT2D eigenvalue weighted by atomic mass is 10.0. The van der Waals surface area contributed by atoms with E-state index in [2.05, 4.69) is 15.3 Å². The Hall–Kier alpha value is -2.12. The van der Waals surface area contributed by atoms with Crippen LogP contribution in [0.15, 0.2) is 12.1 Å². The highest BCUT2D eigenvalue weighted by Gasteiger charge is 2.32. The molecule has 3 rings (SSSR count). The Kier molecular flexibility index (Phi) is 3.11. The number of benzene rings is 1. The lowest BCUT2D eigenvalue weighted by molar-refractivity contribution is -0.137. The van der Waals surface area contributed by atoms with Crippen LogP contribution < -0.4 is 5.32 Å². The fourth-order valence-corrected chi connectivity index (χ4v) is 2.43. The van der Waals surface area contributed by atoms with E-state index in [9.17, 15) is 22.4 Å². The molecule has 1 aliphatic rings. The van der Waals surface area contributed by atoms with Gasteiger partial charge in [-0.25, -0.2) is 9.37 Å². The molecule has 0 radical (unpaired) electrons. The number of halogens is 4. The number of hydrogen-bond acceptors (Lipinski definition) is 2. The average Bonchev–Trinajstić information content (AvgIpc) is 2.82. The normalized spacial score (nSPS) is 19.8. The highest BCUT2D eigenvalue weighted by atomic mass is 19.4. The summed E-state index contributed by atoms with van der Waals surface area (Å²) in [5, 5.41) is 2.68. The Morgan fingerprint density at radius 3 is 2.71 bits per heavy atom. The fraction of sp³-hybridized carbons (Fsp3) is 0.385. The summed E-state index contributed by atoms with van der Waals surface area (Å²) < 4.78 is 51.7. The van der Waals surface area contributed by atoms with Gasteiger partial charge in [-0.3, -0.25) is 4.79 Å². The molecule has 1 saturated heterocycles. The molecule has 2 heterocycles. The van der Waals surface area contributed by atoms with Crippen LogP contribution in [-0.4, -0.2) is 15.9 Å². The summed E-state index contributed by atoms with van der Waals surface area (Å²) in [6, 6.07) is 0.818. The minimum Gasteiger partial charge on any atom is -0.346 e. The van der Waals surface area contributed by atoms with Crippen molar-refractivity contribution in [2.75, 3.05) is 0 Å².